The van der Waals surface area contributed by atoms with E-state index >= 15 is 0 Å². The van der Waals surface area contributed by atoms with Gasteiger partial charge in [-0.05, 0) is 185 Å². The molecule has 0 fully saturated rings. The summed E-state index contributed by atoms with van der Waals surface area (Å²) >= 11 is 0. The normalized spacial score (nSPS) is 13.0. The molecule has 0 radical (unpaired) electrons. The molecule has 0 aromatic heterocycles. The molecule has 0 N–H and O–H groups in total. The van der Waals surface area contributed by atoms with Crippen LogP contribution in [-0.2, 0) is 0 Å². The van der Waals surface area contributed by atoms with Crippen LogP contribution in [0.3, 0.4) is 0 Å². The molecule has 0 saturated carbocycles. The molecule has 0 heteroatoms. The van der Waals surface area contributed by atoms with Gasteiger partial charge in [0.1, 0.15) is 0 Å². The molecule has 16 aromatic rings. The van der Waals surface area contributed by atoms with Crippen molar-refractivity contribution in [2.24, 2.45) is 0 Å². The van der Waals surface area contributed by atoms with E-state index in [2.05, 4.69) is 194 Å². The summed E-state index contributed by atoms with van der Waals surface area (Å²) in [5.74, 6) is 0. The van der Waals surface area contributed by atoms with Gasteiger partial charge in [-0.2, -0.15) is 0 Å². The molecule has 288 valence electrons. The van der Waals surface area contributed by atoms with Crippen LogP contribution in [0.2, 0.25) is 0 Å². The zero-order chi connectivity index (χ0) is 41.1. The molecular formula is C64H32. The summed E-state index contributed by atoms with van der Waals surface area (Å²) in [7, 11) is 0. The van der Waals surface area contributed by atoms with Crippen LogP contribution in [0.4, 0.5) is 0 Å². The molecule has 0 atom stereocenters. The molecule has 0 aliphatic heterocycles. The minimum Gasteiger partial charge on any atom is -0.0622 e. The fraction of sp³-hybridized carbons (Fsp3) is 0. The molecule has 0 spiro atoms. The number of rotatable bonds is 2. The lowest BCUT2D eigenvalue weighted by atomic mass is 9.88. The summed E-state index contributed by atoms with van der Waals surface area (Å²) in [6, 6.07) is 74.2. The van der Waals surface area contributed by atoms with Crippen LogP contribution in [0.5, 0.6) is 0 Å². The molecule has 0 bridgehead atoms. The van der Waals surface area contributed by atoms with Crippen LogP contribution in [0, 0.1) is 20.9 Å². The third-order valence-corrected chi connectivity index (χ3v) is 15.7. The van der Waals surface area contributed by atoms with Crippen molar-refractivity contribution in [3.8, 4) is 22.3 Å². The van der Waals surface area contributed by atoms with Crippen molar-refractivity contribution in [2.75, 3.05) is 0 Å². The average molecular weight is 801 g/mol. The van der Waals surface area contributed by atoms with Gasteiger partial charge in [-0.15, -0.1) is 0 Å². The highest BCUT2D eigenvalue weighted by Gasteiger charge is 2.29. The Morgan fingerprint density at radius 3 is 1.33 bits per heavy atom. The zero-order valence-corrected chi connectivity index (χ0v) is 34.5. The highest BCUT2D eigenvalue weighted by molar-refractivity contribution is 6.54. The maximum atomic E-state index is 2.57. The largest absolute Gasteiger partial charge is 0.0622 e. The van der Waals surface area contributed by atoms with Crippen LogP contribution >= 0.6 is 0 Å². The van der Waals surface area contributed by atoms with Gasteiger partial charge in [-0.3, -0.25) is 0 Å². The second-order valence-electron chi connectivity index (χ2n) is 18.5. The van der Waals surface area contributed by atoms with E-state index < -0.39 is 0 Å². The van der Waals surface area contributed by atoms with Gasteiger partial charge in [0, 0.05) is 0 Å². The van der Waals surface area contributed by atoms with Crippen molar-refractivity contribution in [1.82, 2.24) is 0 Å². The predicted octanol–water partition coefficient (Wildman–Crippen LogP) is 17.5. The monoisotopic (exact) mass is 800 g/mol. The van der Waals surface area contributed by atoms with Gasteiger partial charge in [-0.1, -0.05) is 182 Å². The molecule has 0 heterocycles. The van der Waals surface area contributed by atoms with Gasteiger partial charge in [0.2, 0.25) is 0 Å². The molecule has 1 aliphatic carbocycles. The Morgan fingerprint density at radius 1 is 0.172 bits per heavy atom. The van der Waals surface area contributed by atoms with Crippen molar-refractivity contribution in [3.05, 3.63) is 215 Å². The first-order chi connectivity index (χ1) is 31.8. The van der Waals surface area contributed by atoms with E-state index in [-0.39, 0.29) is 0 Å². The van der Waals surface area contributed by atoms with E-state index in [0.717, 1.165) is 0 Å². The van der Waals surface area contributed by atoms with E-state index in [4.69, 9.17) is 0 Å². The minimum absolute atomic E-state index is 1.25. The predicted molar refractivity (Wildman–Crippen MR) is 274 cm³/mol. The molecule has 0 unspecified atom stereocenters. The molecule has 17 rings (SSSR count). The second kappa shape index (κ2) is 11.0. The van der Waals surface area contributed by atoms with Crippen molar-refractivity contribution < 1.29 is 0 Å². The Morgan fingerprint density at radius 2 is 0.609 bits per heavy atom. The molecule has 64 heavy (non-hydrogen) atoms. The first-order valence-electron chi connectivity index (χ1n) is 22.6. The summed E-state index contributed by atoms with van der Waals surface area (Å²) in [5, 5.41) is 38.0. The smallest absolute Gasteiger partial charge is 0.000674 e. The molecule has 0 nitrogen and oxygen atoms in total. The van der Waals surface area contributed by atoms with Gasteiger partial charge in [0.05, 0.1) is 0 Å². The van der Waals surface area contributed by atoms with Gasteiger partial charge < -0.3 is 0 Å². The lowest BCUT2D eigenvalue weighted by molar-refractivity contribution is 1.48. The maximum Gasteiger partial charge on any atom is -0.000674 e. The van der Waals surface area contributed by atoms with Crippen molar-refractivity contribution in [3.63, 3.8) is 0 Å². The third-order valence-electron chi connectivity index (χ3n) is 15.7. The fourth-order valence-corrected chi connectivity index (χ4v) is 13.4. The molecular weight excluding hydrogens is 769 g/mol. The Hall–Kier alpha value is -8.32. The molecule has 1 aliphatic rings. The first kappa shape index (κ1) is 32.4. The quantitative estimate of drug-likeness (QED) is 0.121. The van der Waals surface area contributed by atoms with Crippen LogP contribution in [0.25, 0.3) is 152 Å². The highest BCUT2D eigenvalue weighted by atomic mass is 14.3. The second-order valence-corrected chi connectivity index (χ2v) is 18.5. The molecule has 0 amide bonds. The average Bonchev–Trinajstić information content (AvgIpc) is 4.08. The standard InChI is InChI=1S/C64H32/c1-3-11-33(12-4-1)36-21-22-37-41-23-24-42-44-27-29-48-58-49(30-28-45(57(44)58)43-25-26-46(50(37)31-36)55(41)56(42)43)63-61-39-18-8-7-17-38(39)60-59-47-20-10-16-34-15-9-19-40(53(34)47)51(59)32-52(64(60)61)54(62(48)63)35-13-5-2-6-14-35/h1-32H. The van der Waals surface area contributed by atoms with Crippen molar-refractivity contribution >= 4 is 129 Å². The number of fused-ring (bicyclic) bond motifs is 14. The van der Waals surface area contributed by atoms with E-state index in [1.165, 1.54) is 172 Å². The number of hydrogen-bond donors (Lipinski definition) is 0. The van der Waals surface area contributed by atoms with Gasteiger partial charge in [-0.25, -0.2) is 0 Å². The van der Waals surface area contributed by atoms with Gasteiger partial charge in [0.25, 0.3) is 0 Å². The minimum atomic E-state index is 1.25. The Bertz CT molecular complexity index is 4940. The summed E-state index contributed by atoms with van der Waals surface area (Å²) < 4.78 is 0. The lowest BCUT2D eigenvalue weighted by Crippen LogP contribution is -1.88. The van der Waals surface area contributed by atoms with E-state index in [0.29, 0.717) is 0 Å². The number of benzene rings is 13. The highest BCUT2D eigenvalue weighted by Crippen LogP contribution is 2.57. The fourth-order valence-electron chi connectivity index (χ4n) is 13.4. The molecule has 0 saturated heterocycles. The van der Waals surface area contributed by atoms with Crippen LogP contribution in [0.1, 0.15) is 0 Å². The Balaban J connectivity index is 1.09. The maximum absolute atomic E-state index is 2.57. The summed E-state index contributed by atoms with van der Waals surface area (Å²) in [5.41, 5.74) is 5.12. The zero-order valence-electron chi connectivity index (χ0n) is 34.5. The van der Waals surface area contributed by atoms with Crippen LogP contribution in [-0.4, -0.2) is 0 Å². The number of hydrogen-bond acceptors (Lipinski definition) is 0. The van der Waals surface area contributed by atoms with Crippen molar-refractivity contribution in [1.29, 1.82) is 0 Å². The first-order valence-corrected chi connectivity index (χ1v) is 22.6. The lowest BCUT2D eigenvalue weighted by Gasteiger charge is -2.15. The molecule has 16 aromatic carbocycles. The van der Waals surface area contributed by atoms with E-state index in [9.17, 15) is 0 Å². The van der Waals surface area contributed by atoms with E-state index in [1.807, 2.05) is 0 Å². The van der Waals surface area contributed by atoms with Crippen LogP contribution < -0.4 is 0 Å². The third kappa shape index (κ3) is 3.59. The SMILES string of the molecule is c1ccc(-c2ccc3c(c2)=c2ccc4c5ccc6c7c(ccc(c8ccc=3c2c84)c57)c2c(-c3ccccc3)c3cc4c5cccc7cccc(c75)c4c4c5ccccc5c(c62)c34)cc1. The van der Waals surface area contributed by atoms with Crippen molar-refractivity contribution in [2.45, 2.75) is 0 Å². The topological polar surface area (TPSA) is 0 Å². The Kier molecular flexibility index (Phi) is 5.57. The summed E-state index contributed by atoms with van der Waals surface area (Å²) in [6.07, 6.45) is 0. The summed E-state index contributed by atoms with van der Waals surface area (Å²) in [6.45, 7) is 0. The van der Waals surface area contributed by atoms with Gasteiger partial charge in [0.15, 0.2) is 0 Å². The van der Waals surface area contributed by atoms with Gasteiger partial charge >= 0.3 is 0 Å². The van der Waals surface area contributed by atoms with Crippen LogP contribution in [0.15, 0.2) is 194 Å². The van der Waals surface area contributed by atoms with E-state index in [1.54, 1.807) is 0 Å². The Labute approximate surface area is 364 Å². The summed E-state index contributed by atoms with van der Waals surface area (Å²) in [4.78, 5) is 0.